The van der Waals surface area contributed by atoms with Crippen LogP contribution in [-0.2, 0) is 6.42 Å². The maximum absolute atomic E-state index is 12.7. The van der Waals surface area contributed by atoms with Crippen molar-refractivity contribution < 1.29 is 14.3 Å². The van der Waals surface area contributed by atoms with Crippen LogP contribution in [0.15, 0.2) is 41.8 Å². The summed E-state index contributed by atoms with van der Waals surface area (Å²) in [5.74, 6) is 0.868. The predicted molar refractivity (Wildman–Crippen MR) is 117 cm³/mol. The van der Waals surface area contributed by atoms with E-state index in [1.165, 1.54) is 16.9 Å². The Kier molecular flexibility index (Phi) is 6.33. The van der Waals surface area contributed by atoms with Crippen molar-refractivity contribution in [2.24, 2.45) is 0 Å². The third kappa shape index (κ3) is 4.41. The molecule has 2 aromatic carbocycles. The van der Waals surface area contributed by atoms with Gasteiger partial charge in [-0.1, -0.05) is 31.2 Å². The number of ether oxygens (including phenoxy) is 2. The van der Waals surface area contributed by atoms with Crippen LogP contribution >= 0.6 is 33.9 Å². The molecule has 0 saturated carbocycles. The van der Waals surface area contributed by atoms with Crippen LogP contribution in [0.2, 0.25) is 0 Å². The van der Waals surface area contributed by atoms with Gasteiger partial charge in [0.05, 0.1) is 25.5 Å². The normalized spacial score (nSPS) is 10.5. The second-order valence-corrected chi connectivity index (χ2v) is 7.75. The highest BCUT2D eigenvalue weighted by Crippen LogP contribution is 2.32. The highest BCUT2D eigenvalue weighted by atomic mass is 127. The molecule has 0 aliphatic heterocycles. The summed E-state index contributed by atoms with van der Waals surface area (Å²) in [7, 11) is 3.11. The van der Waals surface area contributed by atoms with E-state index in [1.54, 1.807) is 26.4 Å². The molecule has 0 unspecified atom stereocenters. The van der Waals surface area contributed by atoms with Gasteiger partial charge in [-0.25, -0.2) is 4.98 Å². The Balaban J connectivity index is 1.80. The number of halogens is 1. The molecule has 0 bridgehead atoms. The molecule has 1 aromatic heterocycles. The van der Waals surface area contributed by atoms with Crippen LogP contribution in [0, 0.1) is 3.57 Å². The van der Waals surface area contributed by atoms with Gasteiger partial charge in [0.25, 0.3) is 5.91 Å². The number of anilines is 1. The number of aryl methyl sites for hydroxylation is 1. The molecular formula is C20H19IN2O3S. The number of carbonyl (C=O) groups excluding carboxylic acids is 1. The first-order chi connectivity index (χ1) is 13.0. The molecular weight excluding hydrogens is 475 g/mol. The number of benzene rings is 2. The monoisotopic (exact) mass is 494 g/mol. The van der Waals surface area contributed by atoms with E-state index in [-0.39, 0.29) is 5.91 Å². The molecule has 7 heteroatoms. The number of hydrogen-bond donors (Lipinski definition) is 1. The molecule has 0 radical (unpaired) electrons. The Bertz CT molecular complexity index is 954. The van der Waals surface area contributed by atoms with Crippen LogP contribution in [0.3, 0.4) is 0 Å². The van der Waals surface area contributed by atoms with Crippen molar-refractivity contribution in [3.05, 3.63) is 56.5 Å². The van der Waals surface area contributed by atoms with Gasteiger partial charge in [0.2, 0.25) is 0 Å². The first-order valence-corrected chi connectivity index (χ1v) is 10.3. The number of thiazole rings is 1. The van der Waals surface area contributed by atoms with Gasteiger partial charge in [-0.05, 0) is 46.7 Å². The van der Waals surface area contributed by atoms with Crippen molar-refractivity contribution >= 4 is 45.0 Å². The maximum atomic E-state index is 12.7. The third-order valence-electron chi connectivity index (χ3n) is 4.10. The second-order valence-electron chi connectivity index (χ2n) is 5.73. The number of rotatable bonds is 6. The molecule has 5 nitrogen and oxygen atoms in total. The number of aromatic nitrogens is 1. The van der Waals surface area contributed by atoms with Gasteiger partial charge in [-0.15, -0.1) is 11.3 Å². The maximum Gasteiger partial charge on any atom is 0.258 e. The summed E-state index contributed by atoms with van der Waals surface area (Å²) in [5.41, 5.74) is 3.67. The lowest BCUT2D eigenvalue weighted by Crippen LogP contribution is -2.13. The molecule has 140 valence electrons. The van der Waals surface area contributed by atoms with Gasteiger partial charge in [0.15, 0.2) is 16.6 Å². The Morgan fingerprint density at radius 1 is 1.15 bits per heavy atom. The van der Waals surface area contributed by atoms with Crippen molar-refractivity contribution in [1.82, 2.24) is 4.98 Å². The largest absolute Gasteiger partial charge is 0.493 e. The number of carbonyl (C=O) groups is 1. The molecule has 0 saturated heterocycles. The lowest BCUT2D eigenvalue weighted by Gasteiger charge is -2.11. The smallest absolute Gasteiger partial charge is 0.258 e. The summed E-state index contributed by atoms with van der Waals surface area (Å²) in [6.45, 7) is 2.13. The first kappa shape index (κ1) is 19.6. The molecule has 0 aliphatic carbocycles. The van der Waals surface area contributed by atoms with E-state index in [4.69, 9.17) is 9.47 Å². The fraction of sp³-hybridized carbons (Fsp3) is 0.200. The Labute approximate surface area is 175 Å². The fourth-order valence-electron chi connectivity index (χ4n) is 2.57. The summed E-state index contributed by atoms with van der Waals surface area (Å²) >= 11 is 3.51. The molecule has 0 aliphatic rings. The quantitative estimate of drug-likeness (QED) is 0.476. The molecule has 0 spiro atoms. The van der Waals surface area contributed by atoms with E-state index in [1.807, 2.05) is 5.38 Å². The Hall–Kier alpha value is -2.13. The first-order valence-electron chi connectivity index (χ1n) is 8.33. The summed E-state index contributed by atoms with van der Waals surface area (Å²) in [5, 5.41) is 5.36. The third-order valence-corrected chi connectivity index (χ3v) is 5.75. The number of nitrogens with zero attached hydrogens (tertiary/aromatic N) is 1. The topological polar surface area (TPSA) is 60.5 Å². The fourth-order valence-corrected chi connectivity index (χ4v) is 3.97. The van der Waals surface area contributed by atoms with Crippen LogP contribution in [0.25, 0.3) is 11.3 Å². The molecule has 1 heterocycles. The summed E-state index contributed by atoms with van der Waals surface area (Å²) in [6.07, 6.45) is 1.00. The van der Waals surface area contributed by atoms with Gasteiger partial charge in [0, 0.05) is 14.5 Å². The molecule has 3 rings (SSSR count). The minimum atomic E-state index is -0.234. The number of nitrogens with one attached hydrogen (secondary N) is 1. The number of methoxy groups -OCH3 is 2. The van der Waals surface area contributed by atoms with Crippen molar-refractivity contribution in [3.8, 4) is 22.8 Å². The van der Waals surface area contributed by atoms with E-state index < -0.39 is 0 Å². The van der Waals surface area contributed by atoms with E-state index in [9.17, 15) is 4.79 Å². The summed E-state index contributed by atoms with van der Waals surface area (Å²) < 4.78 is 11.3. The standard InChI is InChI=1S/C20H19IN2O3S/c1-4-12-5-7-13(8-6-12)16-11-27-20(22-16)23-19(24)14-9-17(25-2)18(26-3)10-15(14)21/h5-11H,4H2,1-3H3,(H,22,23,24). The lowest BCUT2D eigenvalue weighted by atomic mass is 10.1. The molecule has 1 N–H and O–H groups in total. The predicted octanol–water partition coefficient (Wildman–Crippen LogP) is 5.25. The van der Waals surface area contributed by atoms with E-state index in [0.29, 0.717) is 22.2 Å². The number of hydrogen-bond acceptors (Lipinski definition) is 5. The van der Waals surface area contributed by atoms with Crippen molar-refractivity contribution in [2.75, 3.05) is 19.5 Å². The van der Waals surface area contributed by atoms with Gasteiger partial charge in [-0.3, -0.25) is 10.1 Å². The highest BCUT2D eigenvalue weighted by Gasteiger charge is 2.17. The summed E-state index contributed by atoms with van der Waals surface area (Å²) in [4.78, 5) is 17.2. The average Bonchev–Trinajstić information content (AvgIpc) is 3.16. The van der Waals surface area contributed by atoms with Gasteiger partial charge >= 0.3 is 0 Å². The SMILES string of the molecule is CCc1ccc(-c2csc(NC(=O)c3cc(OC)c(OC)cc3I)n2)cc1. The van der Waals surface area contributed by atoms with Crippen LogP contribution in [-0.4, -0.2) is 25.1 Å². The minimum Gasteiger partial charge on any atom is -0.493 e. The molecule has 27 heavy (non-hydrogen) atoms. The zero-order chi connectivity index (χ0) is 19.4. The van der Waals surface area contributed by atoms with Crippen LogP contribution in [0.1, 0.15) is 22.8 Å². The summed E-state index contributed by atoms with van der Waals surface area (Å²) in [6, 6.07) is 11.7. The van der Waals surface area contributed by atoms with Gasteiger partial charge in [-0.2, -0.15) is 0 Å². The molecule has 3 aromatic rings. The van der Waals surface area contributed by atoms with E-state index in [2.05, 4.69) is 64.1 Å². The zero-order valence-electron chi connectivity index (χ0n) is 15.2. The molecule has 0 atom stereocenters. The van der Waals surface area contributed by atoms with Crippen LogP contribution in [0.5, 0.6) is 11.5 Å². The lowest BCUT2D eigenvalue weighted by molar-refractivity contribution is 0.102. The number of amides is 1. The Morgan fingerprint density at radius 2 is 1.81 bits per heavy atom. The molecule has 1 amide bonds. The highest BCUT2D eigenvalue weighted by molar-refractivity contribution is 14.1. The van der Waals surface area contributed by atoms with Gasteiger partial charge in [0.1, 0.15) is 0 Å². The van der Waals surface area contributed by atoms with Gasteiger partial charge < -0.3 is 9.47 Å². The van der Waals surface area contributed by atoms with Crippen LogP contribution < -0.4 is 14.8 Å². The molecule has 0 fully saturated rings. The van der Waals surface area contributed by atoms with Crippen molar-refractivity contribution in [3.63, 3.8) is 0 Å². The van der Waals surface area contributed by atoms with Crippen molar-refractivity contribution in [2.45, 2.75) is 13.3 Å². The van der Waals surface area contributed by atoms with Crippen LogP contribution in [0.4, 0.5) is 5.13 Å². The average molecular weight is 494 g/mol. The van der Waals surface area contributed by atoms with E-state index in [0.717, 1.165) is 21.2 Å². The van der Waals surface area contributed by atoms with Crippen molar-refractivity contribution in [1.29, 1.82) is 0 Å². The second kappa shape index (κ2) is 8.71. The minimum absolute atomic E-state index is 0.234. The zero-order valence-corrected chi connectivity index (χ0v) is 18.2. The van der Waals surface area contributed by atoms with E-state index >= 15 is 0 Å². The Morgan fingerprint density at radius 3 is 2.44 bits per heavy atom.